The summed E-state index contributed by atoms with van der Waals surface area (Å²) in [6.07, 6.45) is 0.895. The Morgan fingerprint density at radius 3 is 2.46 bits per heavy atom. The van der Waals surface area contributed by atoms with Crippen LogP contribution in [0.2, 0.25) is 0 Å². The van der Waals surface area contributed by atoms with Crippen LogP contribution in [-0.4, -0.2) is 29.0 Å². The average Bonchev–Trinajstić information content (AvgIpc) is 2.03. The zero-order valence-electron chi connectivity index (χ0n) is 8.96. The van der Waals surface area contributed by atoms with E-state index in [1.807, 2.05) is 20.8 Å². The van der Waals surface area contributed by atoms with Gasteiger partial charge in [-0.3, -0.25) is 0 Å². The molecule has 0 aromatic carbocycles. The van der Waals surface area contributed by atoms with E-state index in [9.17, 15) is 0 Å². The smallest absolute Gasteiger partial charge is 0.0708 e. The Hall–Kier alpha value is -0.610. The van der Waals surface area contributed by atoms with Crippen molar-refractivity contribution in [1.82, 2.24) is 5.32 Å². The number of nitrogens with two attached hydrogens (primary N) is 1. The first-order chi connectivity index (χ1) is 5.90. The summed E-state index contributed by atoms with van der Waals surface area (Å²) < 4.78 is 0. The largest absolute Gasteiger partial charge is 0.411 e. The highest BCUT2D eigenvalue weighted by Crippen LogP contribution is 1.98. The van der Waals surface area contributed by atoms with Crippen LogP contribution >= 0.6 is 0 Å². The summed E-state index contributed by atoms with van der Waals surface area (Å²) in [5.74, 6) is 0. The van der Waals surface area contributed by atoms with Gasteiger partial charge in [0.1, 0.15) is 0 Å². The fraction of sp³-hybridized carbons (Fsp3) is 0.889. The van der Waals surface area contributed by atoms with E-state index >= 15 is 0 Å². The molecule has 1 unspecified atom stereocenters. The maximum atomic E-state index is 8.58. The second-order valence-corrected chi connectivity index (χ2v) is 4.07. The number of hydrogen-bond donors (Lipinski definition) is 3. The van der Waals surface area contributed by atoms with Gasteiger partial charge in [0.25, 0.3) is 0 Å². The van der Waals surface area contributed by atoms with Gasteiger partial charge in [0, 0.05) is 18.1 Å². The Morgan fingerprint density at radius 1 is 1.62 bits per heavy atom. The summed E-state index contributed by atoms with van der Waals surface area (Å²) in [6.45, 7) is 8.45. The highest BCUT2D eigenvalue weighted by molar-refractivity contribution is 5.86. The molecule has 0 bridgehead atoms. The van der Waals surface area contributed by atoms with Crippen molar-refractivity contribution in [3.8, 4) is 0 Å². The summed E-state index contributed by atoms with van der Waals surface area (Å²) in [5, 5.41) is 15.0. The Bertz CT molecular complexity index is 172. The van der Waals surface area contributed by atoms with Gasteiger partial charge in [-0.25, -0.2) is 0 Å². The fourth-order valence-electron chi connectivity index (χ4n) is 1.04. The van der Waals surface area contributed by atoms with E-state index < -0.39 is 0 Å². The first-order valence-electron chi connectivity index (χ1n) is 4.61. The monoisotopic (exact) mass is 187 g/mol. The van der Waals surface area contributed by atoms with Crippen LogP contribution in [0.15, 0.2) is 5.16 Å². The van der Waals surface area contributed by atoms with Crippen LogP contribution in [-0.2, 0) is 0 Å². The number of nitrogens with zero attached hydrogens (tertiary/aromatic N) is 1. The zero-order chi connectivity index (χ0) is 10.5. The summed E-state index contributed by atoms with van der Waals surface area (Å²) in [7, 11) is 0. The molecule has 0 heterocycles. The molecular formula is C9H21N3O. The minimum atomic E-state index is -0.233. The minimum Gasteiger partial charge on any atom is -0.411 e. The molecule has 0 saturated carbocycles. The number of oxime groups is 1. The predicted octanol–water partition coefficient (Wildman–Crippen LogP) is 0.942. The van der Waals surface area contributed by atoms with Gasteiger partial charge in [-0.05, 0) is 27.2 Å². The Balaban J connectivity index is 4.01. The number of nitrogens with one attached hydrogen (secondary N) is 1. The summed E-state index contributed by atoms with van der Waals surface area (Å²) in [4.78, 5) is 0. The van der Waals surface area contributed by atoms with Crippen LogP contribution in [0.25, 0.3) is 0 Å². The maximum Gasteiger partial charge on any atom is 0.0708 e. The third-order valence-corrected chi connectivity index (χ3v) is 1.87. The lowest BCUT2D eigenvalue weighted by atomic mass is 10.1. The van der Waals surface area contributed by atoms with E-state index in [1.54, 1.807) is 6.92 Å². The van der Waals surface area contributed by atoms with Crippen LogP contribution in [0.5, 0.6) is 0 Å². The Kier molecular flexibility index (Phi) is 4.95. The molecule has 0 rings (SSSR count). The molecule has 0 aliphatic rings. The van der Waals surface area contributed by atoms with Crippen LogP contribution in [0.4, 0.5) is 0 Å². The molecule has 0 aliphatic heterocycles. The third kappa shape index (κ3) is 5.60. The molecule has 0 radical (unpaired) electrons. The van der Waals surface area contributed by atoms with Crippen molar-refractivity contribution in [3.63, 3.8) is 0 Å². The van der Waals surface area contributed by atoms with Crippen LogP contribution in [0.3, 0.4) is 0 Å². The molecule has 4 N–H and O–H groups in total. The van der Waals surface area contributed by atoms with Gasteiger partial charge in [0.05, 0.1) is 5.71 Å². The highest BCUT2D eigenvalue weighted by Gasteiger charge is 2.15. The van der Waals surface area contributed by atoms with Gasteiger partial charge in [-0.2, -0.15) is 0 Å². The topological polar surface area (TPSA) is 70.6 Å². The van der Waals surface area contributed by atoms with Crippen molar-refractivity contribution >= 4 is 5.71 Å². The molecule has 0 spiro atoms. The highest BCUT2D eigenvalue weighted by atomic mass is 16.4. The lowest BCUT2D eigenvalue weighted by Crippen LogP contribution is -2.48. The van der Waals surface area contributed by atoms with Gasteiger partial charge < -0.3 is 16.3 Å². The van der Waals surface area contributed by atoms with E-state index in [4.69, 9.17) is 10.9 Å². The Labute approximate surface area is 80.2 Å². The van der Waals surface area contributed by atoms with Crippen LogP contribution in [0, 0.1) is 0 Å². The molecule has 13 heavy (non-hydrogen) atoms. The Morgan fingerprint density at radius 2 is 2.15 bits per heavy atom. The average molecular weight is 187 g/mol. The van der Waals surface area contributed by atoms with Gasteiger partial charge in [0.2, 0.25) is 0 Å². The van der Waals surface area contributed by atoms with Gasteiger partial charge in [-0.1, -0.05) is 12.1 Å². The van der Waals surface area contributed by atoms with Gasteiger partial charge in [-0.15, -0.1) is 0 Å². The maximum absolute atomic E-state index is 8.58. The van der Waals surface area contributed by atoms with E-state index in [0.29, 0.717) is 12.3 Å². The lowest BCUT2D eigenvalue weighted by molar-refractivity contribution is 0.313. The molecule has 0 fully saturated rings. The lowest BCUT2D eigenvalue weighted by Gasteiger charge is -2.23. The molecule has 0 amide bonds. The van der Waals surface area contributed by atoms with Crippen molar-refractivity contribution in [3.05, 3.63) is 0 Å². The van der Waals surface area contributed by atoms with Crippen LogP contribution in [0.1, 0.15) is 34.1 Å². The van der Waals surface area contributed by atoms with Crippen molar-refractivity contribution in [2.45, 2.75) is 45.7 Å². The zero-order valence-corrected chi connectivity index (χ0v) is 8.96. The van der Waals surface area contributed by atoms with E-state index in [2.05, 4.69) is 10.5 Å². The first kappa shape index (κ1) is 12.4. The predicted molar refractivity (Wildman–Crippen MR) is 55.2 cm³/mol. The molecule has 0 saturated heterocycles. The molecule has 0 aliphatic carbocycles. The van der Waals surface area contributed by atoms with E-state index in [1.165, 1.54) is 0 Å². The SMILES string of the molecule is CCC(NCC(C)(C)N)C(C)=NO. The van der Waals surface area contributed by atoms with E-state index in [0.717, 1.165) is 6.42 Å². The van der Waals surface area contributed by atoms with Crippen molar-refractivity contribution < 1.29 is 5.21 Å². The van der Waals surface area contributed by atoms with Crippen molar-refractivity contribution in [2.24, 2.45) is 10.9 Å². The van der Waals surface area contributed by atoms with E-state index in [-0.39, 0.29) is 11.6 Å². The first-order valence-corrected chi connectivity index (χ1v) is 4.61. The van der Waals surface area contributed by atoms with Crippen molar-refractivity contribution in [2.75, 3.05) is 6.54 Å². The molecule has 4 nitrogen and oxygen atoms in total. The minimum absolute atomic E-state index is 0.118. The van der Waals surface area contributed by atoms with Gasteiger partial charge >= 0.3 is 0 Å². The normalized spacial score (nSPS) is 15.9. The molecule has 4 heteroatoms. The summed E-state index contributed by atoms with van der Waals surface area (Å²) in [6, 6.07) is 0.118. The molecule has 0 aromatic heterocycles. The fourth-order valence-corrected chi connectivity index (χ4v) is 1.04. The number of rotatable bonds is 5. The third-order valence-electron chi connectivity index (χ3n) is 1.87. The summed E-state index contributed by atoms with van der Waals surface area (Å²) in [5.41, 5.74) is 6.28. The quantitative estimate of drug-likeness (QED) is 0.341. The molecular weight excluding hydrogens is 166 g/mol. The van der Waals surface area contributed by atoms with Crippen molar-refractivity contribution in [1.29, 1.82) is 0 Å². The molecule has 78 valence electrons. The molecule has 0 aromatic rings. The molecule has 1 atom stereocenters. The van der Waals surface area contributed by atoms with Gasteiger partial charge in [0.15, 0.2) is 0 Å². The van der Waals surface area contributed by atoms with Crippen LogP contribution < -0.4 is 11.1 Å². The number of hydrogen-bond acceptors (Lipinski definition) is 4. The second-order valence-electron chi connectivity index (χ2n) is 4.07. The standard InChI is InChI=1S/C9H21N3O/c1-5-8(7(2)12-13)11-6-9(3,4)10/h8,11,13H,5-6,10H2,1-4H3. The summed E-state index contributed by atoms with van der Waals surface area (Å²) >= 11 is 0. The second kappa shape index (κ2) is 5.19.